The maximum Gasteiger partial charge on any atom is 0.164 e. The van der Waals surface area contributed by atoms with E-state index < -0.39 is 11.7 Å². The maximum absolute atomic E-state index is 10.7. The zero-order valence-electron chi connectivity index (χ0n) is 13.4. The van der Waals surface area contributed by atoms with Crippen LogP contribution in [0.2, 0.25) is 0 Å². The number of para-hydroxylation sites is 1. The highest BCUT2D eigenvalue weighted by atomic mass is 16.5. The lowest BCUT2D eigenvalue weighted by atomic mass is 9.93. The fourth-order valence-corrected chi connectivity index (χ4v) is 2.89. The van der Waals surface area contributed by atoms with Gasteiger partial charge >= 0.3 is 0 Å². The minimum Gasteiger partial charge on any atom is -0.504 e. The zero-order valence-corrected chi connectivity index (χ0v) is 13.4. The van der Waals surface area contributed by atoms with Crippen LogP contribution in [0.25, 0.3) is 0 Å². The summed E-state index contributed by atoms with van der Waals surface area (Å²) in [7, 11) is 1.49. The summed E-state index contributed by atoms with van der Waals surface area (Å²) in [5.74, 6) is 0.352. The Morgan fingerprint density at radius 3 is 2.43 bits per heavy atom. The lowest BCUT2D eigenvalue weighted by molar-refractivity contribution is -0.159. The number of hydrogen-bond donors (Lipinski definition) is 2. The quantitative estimate of drug-likeness (QED) is 0.912. The van der Waals surface area contributed by atoms with Crippen LogP contribution in [0.15, 0.2) is 53.5 Å². The molecule has 1 heterocycles. The van der Waals surface area contributed by atoms with E-state index in [4.69, 9.17) is 4.74 Å². The summed E-state index contributed by atoms with van der Waals surface area (Å²) < 4.78 is 5.15. The van der Waals surface area contributed by atoms with E-state index in [0.717, 1.165) is 11.3 Å². The molecule has 0 fully saturated rings. The molecule has 3 rings (SSSR count). The van der Waals surface area contributed by atoms with Crippen LogP contribution < -0.4 is 4.74 Å². The van der Waals surface area contributed by atoms with E-state index in [1.165, 1.54) is 12.2 Å². The number of aliphatic imine (C=N–C) groups is 1. The lowest BCUT2D eigenvalue weighted by Gasteiger charge is -2.30. The van der Waals surface area contributed by atoms with E-state index in [9.17, 15) is 10.3 Å². The number of nitrogens with zero attached hydrogens (tertiary/aromatic N) is 2. The number of rotatable bonds is 3. The van der Waals surface area contributed by atoms with Gasteiger partial charge in [-0.1, -0.05) is 42.5 Å². The fraction of sp³-hybridized carbons (Fsp3) is 0.278. The molecule has 0 bridgehead atoms. The summed E-state index contributed by atoms with van der Waals surface area (Å²) in [4.78, 5) is 4.68. The molecule has 0 saturated heterocycles. The van der Waals surface area contributed by atoms with Crippen molar-refractivity contribution in [2.24, 2.45) is 4.99 Å². The molecule has 5 heteroatoms. The van der Waals surface area contributed by atoms with E-state index in [1.807, 2.05) is 44.2 Å². The topological polar surface area (TPSA) is 65.3 Å². The van der Waals surface area contributed by atoms with Gasteiger partial charge in [0.15, 0.2) is 17.7 Å². The van der Waals surface area contributed by atoms with Crippen LogP contribution in [0.1, 0.15) is 31.1 Å². The summed E-state index contributed by atoms with van der Waals surface area (Å²) in [6, 6.07) is 14.9. The summed E-state index contributed by atoms with van der Waals surface area (Å²) in [6.45, 7) is 3.80. The summed E-state index contributed by atoms with van der Waals surface area (Å²) in [6.07, 6.45) is -0.685. The molecule has 120 valence electrons. The first-order chi connectivity index (χ1) is 11.0. The summed E-state index contributed by atoms with van der Waals surface area (Å²) in [5.41, 5.74) is 1.54. The van der Waals surface area contributed by atoms with Crippen molar-refractivity contribution in [1.82, 2.24) is 5.06 Å². The van der Waals surface area contributed by atoms with E-state index in [-0.39, 0.29) is 5.75 Å². The number of benzene rings is 2. The van der Waals surface area contributed by atoms with Crippen LogP contribution in [-0.2, 0) is 0 Å². The van der Waals surface area contributed by atoms with E-state index in [2.05, 4.69) is 4.99 Å². The van der Waals surface area contributed by atoms with Crippen LogP contribution in [0.5, 0.6) is 11.5 Å². The van der Waals surface area contributed by atoms with Crippen molar-refractivity contribution in [3.63, 3.8) is 0 Å². The molecule has 0 amide bonds. The van der Waals surface area contributed by atoms with Crippen molar-refractivity contribution in [2.45, 2.75) is 25.6 Å². The van der Waals surface area contributed by atoms with Gasteiger partial charge in [-0.3, -0.25) is 4.99 Å². The van der Waals surface area contributed by atoms with Crippen LogP contribution in [0.4, 0.5) is 0 Å². The molecule has 1 atom stereocenters. The van der Waals surface area contributed by atoms with Crippen molar-refractivity contribution in [3.8, 4) is 11.5 Å². The second-order valence-corrected chi connectivity index (χ2v) is 6.02. The molecule has 23 heavy (non-hydrogen) atoms. The number of ether oxygens (including phenoxy) is 1. The second-order valence-electron chi connectivity index (χ2n) is 6.02. The van der Waals surface area contributed by atoms with Gasteiger partial charge in [-0.2, -0.15) is 5.06 Å². The largest absolute Gasteiger partial charge is 0.504 e. The number of methoxy groups -OCH3 is 1. The number of phenolic OH excluding ortho intramolecular Hbond substituents is 1. The van der Waals surface area contributed by atoms with Crippen LogP contribution in [0.3, 0.4) is 0 Å². The summed E-state index contributed by atoms with van der Waals surface area (Å²) in [5, 5.41) is 22.2. The monoisotopic (exact) mass is 312 g/mol. The van der Waals surface area contributed by atoms with Gasteiger partial charge in [0.2, 0.25) is 0 Å². The Balaban J connectivity index is 2.10. The highest BCUT2D eigenvalue weighted by Crippen LogP contribution is 2.43. The minimum absolute atomic E-state index is 0.00656. The minimum atomic E-state index is -0.685. The fourth-order valence-electron chi connectivity index (χ4n) is 2.89. The Bertz CT molecular complexity index is 741. The smallest absolute Gasteiger partial charge is 0.164 e. The standard InChI is InChI=1S/C18H20N2O3/c1-18(2)16(12-8-5-4-6-9-12)19-17(20(18)22)13-10-7-11-14(23-3)15(13)21/h4-11,17,21-22H,1-3H3/t17-/m0/s1. The number of hydroxylamine groups is 2. The first-order valence-electron chi connectivity index (χ1n) is 7.44. The molecule has 2 N–H and O–H groups in total. The third-order valence-corrected chi connectivity index (χ3v) is 4.21. The molecule has 2 aromatic rings. The molecular weight excluding hydrogens is 292 g/mol. The number of hydrogen-bond acceptors (Lipinski definition) is 5. The van der Waals surface area contributed by atoms with E-state index in [0.29, 0.717) is 11.3 Å². The molecule has 0 spiro atoms. The Morgan fingerprint density at radius 2 is 1.78 bits per heavy atom. The number of phenols is 1. The Morgan fingerprint density at radius 1 is 1.09 bits per heavy atom. The third-order valence-electron chi connectivity index (χ3n) is 4.21. The van der Waals surface area contributed by atoms with Gasteiger partial charge in [-0.05, 0) is 25.5 Å². The van der Waals surface area contributed by atoms with Crippen molar-refractivity contribution in [2.75, 3.05) is 7.11 Å². The Labute approximate surface area is 135 Å². The van der Waals surface area contributed by atoms with Crippen molar-refractivity contribution < 1.29 is 15.1 Å². The van der Waals surface area contributed by atoms with Crippen molar-refractivity contribution >= 4 is 5.71 Å². The van der Waals surface area contributed by atoms with Crippen LogP contribution >= 0.6 is 0 Å². The number of aromatic hydroxyl groups is 1. The van der Waals surface area contributed by atoms with Gasteiger partial charge in [-0.15, -0.1) is 0 Å². The third kappa shape index (κ3) is 2.48. The molecule has 0 aromatic heterocycles. The molecule has 0 aliphatic carbocycles. The highest BCUT2D eigenvalue weighted by Gasteiger charge is 2.44. The maximum atomic E-state index is 10.7. The normalized spacial score (nSPS) is 20.3. The van der Waals surface area contributed by atoms with Crippen molar-refractivity contribution in [1.29, 1.82) is 0 Å². The predicted octanol–water partition coefficient (Wildman–Crippen LogP) is 3.37. The summed E-state index contributed by atoms with van der Waals surface area (Å²) >= 11 is 0. The van der Waals surface area contributed by atoms with Gasteiger partial charge in [0.05, 0.1) is 18.4 Å². The second kappa shape index (κ2) is 5.68. The van der Waals surface area contributed by atoms with E-state index >= 15 is 0 Å². The molecule has 1 aliphatic heterocycles. The van der Waals surface area contributed by atoms with Gasteiger partial charge in [-0.25, -0.2) is 0 Å². The van der Waals surface area contributed by atoms with Crippen LogP contribution in [-0.4, -0.2) is 33.7 Å². The van der Waals surface area contributed by atoms with E-state index in [1.54, 1.807) is 18.2 Å². The average Bonchev–Trinajstić information content (AvgIpc) is 2.79. The zero-order chi connectivity index (χ0) is 16.6. The van der Waals surface area contributed by atoms with Gasteiger partial charge < -0.3 is 15.1 Å². The molecule has 0 unspecified atom stereocenters. The van der Waals surface area contributed by atoms with Gasteiger partial charge in [0.25, 0.3) is 0 Å². The predicted molar refractivity (Wildman–Crippen MR) is 88.1 cm³/mol. The molecule has 5 nitrogen and oxygen atoms in total. The lowest BCUT2D eigenvalue weighted by Crippen LogP contribution is -2.44. The first-order valence-corrected chi connectivity index (χ1v) is 7.44. The van der Waals surface area contributed by atoms with Crippen molar-refractivity contribution in [3.05, 3.63) is 59.7 Å². The molecular formula is C18H20N2O3. The van der Waals surface area contributed by atoms with Crippen LogP contribution in [0, 0.1) is 0 Å². The molecule has 0 saturated carbocycles. The Kier molecular flexibility index (Phi) is 3.83. The van der Waals surface area contributed by atoms with Gasteiger partial charge in [0.1, 0.15) is 0 Å². The first kappa shape index (κ1) is 15.5. The Hall–Kier alpha value is -2.37. The molecule has 0 radical (unpaired) electrons. The van der Waals surface area contributed by atoms with Gasteiger partial charge in [0, 0.05) is 5.56 Å². The average molecular weight is 312 g/mol. The molecule has 1 aliphatic rings. The SMILES string of the molecule is COc1cccc([C@H]2N=C(c3ccccc3)C(C)(C)N2O)c1O. The molecule has 2 aromatic carbocycles. The highest BCUT2D eigenvalue weighted by molar-refractivity contribution is 6.08.